The van der Waals surface area contributed by atoms with E-state index in [4.69, 9.17) is 16.0 Å². The highest BCUT2D eigenvalue weighted by atomic mass is 79.9. The lowest BCUT2D eigenvalue weighted by molar-refractivity contribution is 0.616. The van der Waals surface area contributed by atoms with Gasteiger partial charge in [0.2, 0.25) is 0 Å². The van der Waals surface area contributed by atoms with Crippen LogP contribution in [0.2, 0.25) is 5.02 Å². The van der Waals surface area contributed by atoms with Crippen molar-refractivity contribution >= 4 is 38.5 Å². The summed E-state index contributed by atoms with van der Waals surface area (Å²) in [6, 6.07) is 5.60. The summed E-state index contributed by atoms with van der Waals surface area (Å²) >= 11 is 9.29. The van der Waals surface area contributed by atoms with Crippen molar-refractivity contribution < 1.29 is 4.42 Å². The first-order chi connectivity index (χ1) is 5.29. The number of hydrogen-bond acceptors (Lipinski definition) is 1. The predicted molar refractivity (Wildman–Crippen MR) is 48.9 cm³/mol. The molecule has 0 N–H and O–H groups in total. The molecule has 2 aromatic rings. The van der Waals surface area contributed by atoms with Crippen molar-refractivity contribution in [1.82, 2.24) is 0 Å². The van der Waals surface area contributed by atoms with E-state index in [1.807, 2.05) is 18.2 Å². The molecule has 2 rings (SSSR count). The molecule has 0 amide bonds. The highest BCUT2D eigenvalue weighted by Crippen LogP contribution is 2.31. The molecule has 1 aromatic heterocycles. The summed E-state index contributed by atoms with van der Waals surface area (Å²) in [5.41, 5.74) is 0.818. The van der Waals surface area contributed by atoms with E-state index in [1.54, 1.807) is 6.26 Å². The third kappa shape index (κ3) is 1.06. The molecule has 0 saturated carbocycles. The number of furan rings is 1. The van der Waals surface area contributed by atoms with E-state index < -0.39 is 0 Å². The summed E-state index contributed by atoms with van der Waals surface area (Å²) in [4.78, 5) is 0. The van der Waals surface area contributed by atoms with Gasteiger partial charge in [0.1, 0.15) is 5.58 Å². The standard InChI is InChI=1S/C8H4BrClO/c9-6-1-2-7-5(8(6)10)3-4-11-7/h1-4H. The highest BCUT2D eigenvalue weighted by molar-refractivity contribution is 9.10. The third-order valence-corrected chi connectivity index (χ3v) is 2.82. The van der Waals surface area contributed by atoms with Gasteiger partial charge in [-0.3, -0.25) is 0 Å². The number of fused-ring (bicyclic) bond motifs is 1. The summed E-state index contributed by atoms with van der Waals surface area (Å²) in [5, 5.41) is 1.65. The van der Waals surface area contributed by atoms with Gasteiger partial charge in [-0.1, -0.05) is 11.6 Å². The Kier molecular flexibility index (Phi) is 1.66. The maximum atomic E-state index is 5.96. The van der Waals surface area contributed by atoms with E-state index in [-0.39, 0.29) is 0 Å². The smallest absolute Gasteiger partial charge is 0.135 e. The second-order valence-corrected chi connectivity index (χ2v) is 3.43. The summed E-state index contributed by atoms with van der Waals surface area (Å²) in [6.45, 7) is 0. The molecule has 56 valence electrons. The molecule has 11 heavy (non-hydrogen) atoms. The lowest BCUT2D eigenvalue weighted by atomic mass is 10.3. The Balaban J connectivity index is 2.93. The van der Waals surface area contributed by atoms with Gasteiger partial charge in [0, 0.05) is 9.86 Å². The van der Waals surface area contributed by atoms with Gasteiger partial charge >= 0.3 is 0 Å². The van der Waals surface area contributed by atoms with Crippen molar-refractivity contribution in [3.05, 3.63) is 34.0 Å². The van der Waals surface area contributed by atoms with E-state index in [9.17, 15) is 0 Å². The van der Waals surface area contributed by atoms with E-state index in [2.05, 4.69) is 15.9 Å². The topological polar surface area (TPSA) is 13.1 Å². The quantitative estimate of drug-likeness (QED) is 0.671. The molecule has 1 aromatic carbocycles. The maximum absolute atomic E-state index is 5.96. The third-order valence-electron chi connectivity index (χ3n) is 1.52. The zero-order valence-corrected chi connectivity index (χ0v) is 7.82. The van der Waals surface area contributed by atoms with Gasteiger partial charge in [-0.15, -0.1) is 0 Å². The van der Waals surface area contributed by atoms with Crippen LogP contribution in [0.15, 0.2) is 33.4 Å². The van der Waals surface area contributed by atoms with Crippen molar-refractivity contribution in [2.75, 3.05) is 0 Å². The fourth-order valence-corrected chi connectivity index (χ4v) is 1.55. The van der Waals surface area contributed by atoms with Gasteiger partial charge in [-0.05, 0) is 34.1 Å². The predicted octanol–water partition coefficient (Wildman–Crippen LogP) is 3.85. The Bertz CT molecular complexity index is 394. The minimum Gasteiger partial charge on any atom is -0.464 e. The van der Waals surface area contributed by atoms with Gasteiger partial charge in [-0.2, -0.15) is 0 Å². The van der Waals surface area contributed by atoms with Crippen LogP contribution < -0.4 is 0 Å². The lowest BCUT2D eigenvalue weighted by Gasteiger charge is -1.94. The van der Waals surface area contributed by atoms with E-state index >= 15 is 0 Å². The molecule has 0 spiro atoms. The zero-order valence-electron chi connectivity index (χ0n) is 5.47. The van der Waals surface area contributed by atoms with Crippen LogP contribution in [-0.2, 0) is 0 Å². The lowest BCUT2D eigenvalue weighted by Crippen LogP contribution is -1.68. The molecule has 0 fully saturated rings. The van der Waals surface area contributed by atoms with Crippen molar-refractivity contribution in [2.45, 2.75) is 0 Å². The molecule has 0 aliphatic rings. The molecule has 0 unspecified atom stereocenters. The Morgan fingerprint density at radius 1 is 1.27 bits per heavy atom. The first-order valence-electron chi connectivity index (χ1n) is 3.10. The first-order valence-corrected chi connectivity index (χ1v) is 4.27. The monoisotopic (exact) mass is 230 g/mol. The van der Waals surface area contributed by atoms with Crippen molar-refractivity contribution in [3.8, 4) is 0 Å². The van der Waals surface area contributed by atoms with Crippen LogP contribution in [0.4, 0.5) is 0 Å². The minimum absolute atomic E-state index is 0.705. The average Bonchev–Trinajstić information content (AvgIpc) is 2.45. The first kappa shape index (κ1) is 7.19. The van der Waals surface area contributed by atoms with Crippen molar-refractivity contribution in [3.63, 3.8) is 0 Å². The molecule has 1 nitrogen and oxygen atoms in total. The Hall–Kier alpha value is -0.470. The van der Waals surface area contributed by atoms with Crippen LogP contribution in [0.25, 0.3) is 11.0 Å². The average molecular weight is 231 g/mol. The molecule has 3 heteroatoms. The van der Waals surface area contributed by atoms with Gasteiger partial charge in [0.25, 0.3) is 0 Å². The summed E-state index contributed by atoms with van der Waals surface area (Å²) < 4.78 is 6.04. The van der Waals surface area contributed by atoms with Crippen LogP contribution in [0, 0.1) is 0 Å². The molecular formula is C8H4BrClO. The normalized spacial score (nSPS) is 10.7. The molecule has 0 aliphatic carbocycles. The zero-order chi connectivity index (χ0) is 7.84. The number of hydrogen-bond donors (Lipinski definition) is 0. The van der Waals surface area contributed by atoms with Crippen LogP contribution in [0.1, 0.15) is 0 Å². The summed E-state index contributed by atoms with van der Waals surface area (Å²) in [7, 11) is 0. The summed E-state index contributed by atoms with van der Waals surface area (Å²) in [5.74, 6) is 0. The second-order valence-electron chi connectivity index (χ2n) is 2.19. The van der Waals surface area contributed by atoms with E-state index in [1.165, 1.54) is 0 Å². The molecular weight excluding hydrogens is 227 g/mol. The minimum atomic E-state index is 0.705. The molecule has 0 aliphatic heterocycles. The van der Waals surface area contributed by atoms with Crippen LogP contribution >= 0.6 is 27.5 Å². The summed E-state index contributed by atoms with van der Waals surface area (Å²) in [6.07, 6.45) is 1.63. The number of halogens is 2. The van der Waals surface area contributed by atoms with Gasteiger partial charge in [-0.25, -0.2) is 0 Å². The van der Waals surface area contributed by atoms with E-state index in [0.29, 0.717) is 5.02 Å². The fraction of sp³-hybridized carbons (Fsp3) is 0. The molecule has 1 heterocycles. The molecule has 0 atom stereocenters. The van der Waals surface area contributed by atoms with Crippen LogP contribution in [0.3, 0.4) is 0 Å². The molecule has 0 bridgehead atoms. The van der Waals surface area contributed by atoms with Crippen LogP contribution in [-0.4, -0.2) is 0 Å². The molecule has 0 saturated heterocycles. The van der Waals surface area contributed by atoms with E-state index in [0.717, 1.165) is 15.4 Å². The van der Waals surface area contributed by atoms with Gasteiger partial charge < -0.3 is 4.42 Å². The van der Waals surface area contributed by atoms with Gasteiger partial charge in [0.15, 0.2) is 0 Å². The SMILES string of the molecule is Clc1c(Br)ccc2occc12. The van der Waals surface area contributed by atoms with Crippen molar-refractivity contribution in [2.24, 2.45) is 0 Å². The Labute approximate surface area is 77.1 Å². The van der Waals surface area contributed by atoms with Crippen molar-refractivity contribution in [1.29, 1.82) is 0 Å². The van der Waals surface area contributed by atoms with Gasteiger partial charge in [0.05, 0.1) is 11.3 Å². The number of benzene rings is 1. The van der Waals surface area contributed by atoms with Crippen LogP contribution in [0.5, 0.6) is 0 Å². The Morgan fingerprint density at radius 3 is 2.91 bits per heavy atom. The second kappa shape index (κ2) is 2.54. The number of rotatable bonds is 0. The fourth-order valence-electron chi connectivity index (χ4n) is 0.982. The Morgan fingerprint density at radius 2 is 2.09 bits per heavy atom. The maximum Gasteiger partial charge on any atom is 0.135 e. The molecule has 0 radical (unpaired) electrons. The highest BCUT2D eigenvalue weighted by Gasteiger charge is 2.03. The largest absolute Gasteiger partial charge is 0.464 e.